The van der Waals surface area contributed by atoms with Crippen LogP contribution in [-0.2, 0) is 31.5 Å². The van der Waals surface area contributed by atoms with Gasteiger partial charge in [0.2, 0.25) is 0 Å². The molecule has 0 rings (SSSR count). The third-order valence-electron chi connectivity index (χ3n) is 4.50. The Bertz CT molecular complexity index is 633. The fourth-order valence-corrected chi connectivity index (χ4v) is 18.9. The summed E-state index contributed by atoms with van der Waals surface area (Å²) in [6.07, 6.45) is 4.62. The molecular formula is C22H50O8Si4. The highest BCUT2D eigenvalue weighted by Gasteiger charge is 2.46. The largest absolute Gasteiger partial charge is 0.436 e. The first-order chi connectivity index (χ1) is 15.3. The van der Waals surface area contributed by atoms with Gasteiger partial charge in [0.25, 0.3) is 0 Å². The average molecular weight is 555 g/mol. The van der Waals surface area contributed by atoms with E-state index in [4.69, 9.17) is 27.1 Å². The second-order valence-electron chi connectivity index (χ2n) is 11.3. The van der Waals surface area contributed by atoms with Crippen molar-refractivity contribution >= 4 is 39.5 Å². The van der Waals surface area contributed by atoms with Gasteiger partial charge < -0.3 is 21.8 Å². The van der Waals surface area contributed by atoms with Crippen molar-refractivity contribution in [3.8, 4) is 0 Å². The number of ether oxygens (including phenoxy) is 1. The molecule has 0 saturated carbocycles. The zero-order valence-corrected chi connectivity index (χ0v) is 27.4. The molecule has 12 heteroatoms. The first-order valence-corrected chi connectivity index (χ1v) is 24.3. The fraction of sp³-hybridized carbons (Fsp3) is 0.864. The SMILES string of the molecule is CCC(C)(O[Si](C)(C)O[Si](C)(C)C)O[Si](C)(CCCOCCC(=O)/C=C/COO)O[Si](C)(C)C. The Kier molecular flexibility index (Phi) is 14.7. The zero-order chi connectivity index (χ0) is 26.7. The lowest BCUT2D eigenvalue weighted by Crippen LogP contribution is -2.57. The maximum absolute atomic E-state index is 11.7. The van der Waals surface area contributed by atoms with E-state index < -0.39 is 39.5 Å². The Morgan fingerprint density at radius 2 is 1.50 bits per heavy atom. The van der Waals surface area contributed by atoms with Gasteiger partial charge in [0.05, 0.1) is 6.61 Å². The molecule has 0 spiro atoms. The van der Waals surface area contributed by atoms with Gasteiger partial charge >= 0.3 is 17.1 Å². The van der Waals surface area contributed by atoms with Crippen molar-refractivity contribution < 1.29 is 36.8 Å². The third kappa shape index (κ3) is 17.4. The summed E-state index contributed by atoms with van der Waals surface area (Å²) in [5.41, 5.74) is 0. The maximum Gasteiger partial charge on any atom is 0.326 e. The van der Waals surface area contributed by atoms with Crippen molar-refractivity contribution in [2.24, 2.45) is 0 Å². The summed E-state index contributed by atoms with van der Waals surface area (Å²) >= 11 is 0. The van der Waals surface area contributed by atoms with Crippen LogP contribution in [0.5, 0.6) is 0 Å². The van der Waals surface area contributed by atoms with E-state index in [0.29, 0.717) is 19.6 Å². The predicted molar refractivity (Wildman–Crippen MR) is 146 cm³/mol. The molecule has 0 radical (unpaired) electrons. The normalized spacial score (nSPS) is 17.1. The summed E-state index contributed by atoms with van der Waals surface area (Å²) in [5, 5.41) is 8.26. The zero-order valence-electron chi connectivity index (χ0n) is 23.4. The molecular weight excluding hydrogens is 505 g/mol. The lowest BCUT2D eigenvalue weighted by molar-refractivity contribution is -0.231. The minimum absolute atomic E-state index is 0.00275. The van der Waals surface area contributed by atoms with Gasteiger partial charge in [-0.2, -0.15) is 0 Å². The Labute approximate surface area is 212 Å². The number of carbonyl (C=O) groups is 1. The molecule has 0 aliphatic heterocycles. The molecule has 0 bridgehead atoms. The number of carbonyl (C=O) groups excluding carboxylic acids is 1. The topological polar surface area (TPSA) is 92.7 Å². The van der Waals surface area contributed by atoms with E-state index in [1.807, 2.05) is 6.92 Å². The van der Waals surface area contributed by atoms with Crippen molar-refractivity contribution in [2.45, 2.75) is 104 Å². The van der Waals surface area contributed by atoms with Gasteiger partial charge in [0.15, 0.2) is 22.4 Å². The number of hydrogen-bond acceptors (Lipinski definition) is 8. The number of ketones is 1. The maximum atomic E-state index is 11.7. The van der Waals surface area contributed by atoms with Gasteiger partial charge in [0.1, 0.15) is 12.4 Å². The van der Waals surface area contributed by atoms with Crippen LogP contribution in [0.2, 0.25) is 65.0 Å². The van der Waals surface area contributed by atoms with Crippen molar-refractivity contribution in [1.29, 1.82) is 0 Å². The number of allylic oxidation sites excluding steroid dienone is 1. The summed E-state index contributed by atoms with van der Waals surface area (Å²) < 4.78 is 32.0. The summed E-state index contributed by atoms with van der Waals surface area (Å²) in [5.74, 6) is -0.835. The quantitative estimate of drug-likeness (QED) is 0.0516. The van der Waals surface area contributed by atoms with Crippen LogP contribution in [0.15, 0.2) is 12.2 Å². The van der Waals surface area contributed by atoms with Gasteiger partial charge in [0, 0.05) is 13.0 Å². The van der Waals surface area contributed by atoms with Crippen LogP contribution in [0.25, 0.3) is 0 Å². The van der Waals surface area contributed by atoms with Gasteiger partial charge in [-0.3, -0.25) is 10.1 Å². The predicted octanol–water partition coefficient (Wildman–Crippen LogP) is 6.03. The van der Waals surface area contributed by atoms with Crippen LogP contribution < -0.4 is 0 Å². The first kappa shape index (κ1) is 34.0. The van der Waals surface area contributed by atoms with Crippen molar-refractivity contribution in [3.63, 3.8) is 0 Å². The van der Waals surface area contributed by atoms with E-state index in [9.17, 15) is 4.79 Å². The first-order valence-electron chi connectivity index (χ1n) is 12.2. The second-order valence-corrected chi connectivity index (χ2v) is 27.3. The van der Waals surface area contributed by atoms with Gasteiger partial charge in [-0.25, -0.2) is 4.89 Å². The Morgan fingerprint density at radius 3 is 2.00 bits per heavy atom. The molecule has 0 amide bonds. The van der Waals surface area contributed by atoms with Crippen LogP contribution >= 0.6 is 0 Å². The molecule has 0 aromatic heterocycles. The van der Waals surface area contributed by atoms with E-state index in [-0.39, 0.29) is 18.8 Å². The van der Waals surface area contributed by atoms with Crippen molar-refractivity contribution in [1.82, 2.24) is 0 Å². The Hall–Kier alpha value is -0.00247. The second kappa shape index (κ2) is 14.7. The Balaban J connectivity index is 5.04. The van der Waals surface area contributed by atoms with Crippen molar-refractivity contribution in [3.05, 3.63) is 12.2 Å². The molecule has 34 heavy (non-hydrogen) atoms. The molecule has 2 unspecified atom stereocenters. The number of rotatable bonds is 19. The monoisotopic (exact) mass is 554 g/mol. The van der Waals surface area contributed by atoms with E-state index in [1.165, 1.54) is 12.2 Å². The highest BCUT2D eigenvalue weighted by Crippen LogP contribution is 2.32. The molecule has 0 aliphatic rings. The van der Waals surface area contributed by atoms with Crippen LogP contribution in [0.4, 0.5) is 0 Å². The summed E-state index contributed by atoms with van der Waals surface area (Å²) in [6.45, 7) is 24.3. The summed E-state index contributed by atoms with van der Waals surface area (Å²) in [7, 11) is -8.59. The standard InChI is InChI=1S/C22H50O8Si4/c1-12-22(2,27-33(9,10)29-31(3,4)5)28-34(11,30-32(6,7)8)20-14-17-25-19-16-21(23)15-13-18-26-24/h13,15,24H,12,14,16-20H2,1-11H3/b15-13+. The summed E-state index contributed by atoms with van der Waals surface area (Å²) in [4.78, 5) is 15.6. The molecule has 8 nitrogen and oxygen atoms in total. The third-order valence-corrected chi connectivity index (χ3v) is 16.1. The lowest BCUT2D eigenvalue weighted by atomic mass is 10.3. The molecule has 202 valence electrons. The molecule has 0 heterocycles. The van der Waals surface area contributed by atoms with Gasteiger partial charge in [-0.15, -0.1) is 0 Å². The average Bonchev–Trinajstić information content (AvgIpc) is 2.60. The smallest absolute Gasteiger partial charge is 0.326 e. The van der Waals surface area contributed by atoms with Crippen LogP contribution in [0, 0.1) is 0 Å². The molecule has 1 N–H and O–H groups in total. The molecule has 0 aliphatic carbocycles. The number of hydrogen-bond donors (Lipinski definition) is 1. The summed E-state index contributed by atoms with van der Waals surface area (Å²) in [6, 6.07) is 0.773. The minimum Gasteiger partial charge on any atom is -0.436 e. The molecule has 0 aromatic carbocycles. The van der Waals surface area contributed by atoms with Crippen molar-refractivity contribution in [2.75, 3.05) is 19.8 Å². The highest BCUT2D eigenvalue weighted by molar-refractivity contribution is 6.82. The molecule has 0 fully saturated rings. The van der Waals surface area contributed by atoms with Crippen LogP contribution in [0.3, 0.4) is 0 Å². The Morgan fingerprint density at radius 1 is 0.912 bits per heavy atom. The minimum atomic E-state index is -2.58. The van der Waals surface area contributed by atoms with E-state index in [0.717, 1.165) is 12.5 Å². The lowest BCUT2D eigenvalue weighted by Gasteiger charge is -2.45. The van der Waals surface area contributed by atoms with E-state index >= 15 is 0 Å². The van der Waals surface area contributed by atoms with Gasteiger partial charge in [-0.1, -0.05) is 13.0 Å². The molecule has 0 saturated heterocycles. The van der Waals surface area contributed by atoms with E-state index in [2.05, 4.69) is 70.7 Å². The molecule has 0 aromatic rings. The van der Waals surface area contributed by atoms with Crippen LogP contribution in [0.1, 0.15) is 33.1 Å². The van der Waals surface area contributed by atoms with Gasteiger partial charge in [-0.05, 0) is 90.8 Å². The van der Waals surface area contributed by atoms with E-state index in [1.54, 1.807) is 0 Å². The van der Waals surface area contributed by atoms with Crippen LogP contribution in [-0.4, -0.2) is 70.4 Å². The fourth-order valence-electron chi connectivity index (χ4n) is 3.75. The highest BCUT2D eigenvalue weighted by atomic mass is 28.4. The molecule has 2 atom stereocenters.